The Kier molecular flexibility index (Phi) is 6.74. The summed E-state index contributed by atoms with van der Waals surface area (Å²) in [5.41, 5.74) is 5.97. The first-order valence-electron chi connectivity index (χ1n) is 8.72. The number of piperidine rings is 1. The lowest BCUT2D eigenvalue weighted by Crippen LogP contribution is -2.59. The fraction of sp³-hybridized carbons (Fsp3) is 0.526. The number of nitrogens with zero attached hydrogens (tertiary/aromatic N) is 1. The largest absolute Gasteiger partial charge is 0.463 e. The Morgan fingerprint density at radius 3 is 2.27 bits per heavy atom. The van der Waals surface area contributed by atoms with E-state index in [1.165, 1.54) is 13.8 Å². The number of amides is 1. The zero-order valence-corrected chi connectivity index (χ0v) is 15.3. The molecule has 1 saturated heterocycles. The average Bonchev–Trinajstić information content (AvgIpc) is 2.65. The molecule has 1 unspecified atom stereocenters. The zero-order valence-electron chi connectivity index (χ0n) is 15.3. The molecule has 1 aliphatic rings. The lowest BCUT2D eigenvalue weighted by atomic mass is 9.76. The standard InChI is InChI=1S/C19H26N2O5/c1-14(22)19(20,13-26-15(2)23)17-8-10-21(11-9-17)18(24)25-12-16-6-4-3-5-7-16/h3-7,17H,8-13,20H2,1-2H3. The normalized spacial score (nSPS) is 17.3. The van der Waals surface area contributed by atoms with Gasteiger partial charge in [-0.3, -0.25) is 9.59 Å². The van der Waals surface area contributed by atoms with Crippen molar-refractivity contribution in [2.24, 2.45) is 11.7 Å². The van der Waals surface area contributed by atoms with Crippen molar-refractivity contribution in [3.8, 4) is 0 Å². The minimum atomic E-state index is -1.22. The molecule has 2 rings (SSSR count). The molecule has 1 amide bonds. The van der Waals surface area contributed by atoms with Crippen molar-refractivity contribution < 1.29 is 23.9 Å². The fourth-order valence-corrected chi connectivity index (χ4v) is 3.12. The smallest absolute Gasteiger partial charge is 0.410 e. The number of likely N-dealkylation sites (tertiary alicyclic amines) is 1. The van der Waals surface area contributed by atoms with Gasteiger partial charge in [0.2, 0.25) is 0 Å². The van der Waals surface area contributed by atoms with Gasteiger partial charge in [0, 0.05) is 20.0 Å². The first kappa shape index (κ1) is 19.9. The van der Waals surface area contributed by atoms with Crippen LogP contribution in [0.1, 0.15) is 32.3 Å². The molecule has 1 heterocycles. The van der Waals surface area contributed by atoms with E-state index >= 15 is 0 Å². The fourth-order valence-electron chi connectivity index (χ4n) is 3.12. The number of hydrogen-bond acceptors (Lipinski definition) is 6. The maximum absolute atomic E-state index is 12.2. The quantitative estimate of drug-likeness (QED) is 0.776. The van der Waals surface area contributed by atoms with Crippen LogP contribution in [0.5, 0.6) is 0 Å². The van der Waals surface area contributed by atoms with Crippen LogP contribution in [0, 0.1) is 5.92 Å². The number of benzene rings is 1. The summed E-state index contributed by atoms with van der Waals surface area (Å²) < 4.78 is 10.3. The molecule has 26 heavy (non-hydrogen) atoms. The second-order valence-electron chi connectivity index (χ2n) is 6.68. The van der Waals surface area contributed by atoms with Gasteiger partial charge in [0.25, 0.3) is 0 Å². The number of carbonyl (C=O) groups excluding carboxylic acids is 3. The van der Waals surface area contributed by atoms with Gasteiger partial charge in [0.1, 0.15) is 18.8 Å². The minimum Gasteiger partial charge on any atom is -0.463 e. The predicted octanol–water partition coefficient (Wildman–Crippen LogP) is 1.88. The van der Waals surface area contributed by atoms with Crippen LogP contribution in [0.25, 0.3) is 0 Å². The number of ketones is 1. The number of carbonyl (C=O) groups is 3. The van der Waals surface area contributed by atoms with Gasteiger partial charge in [-0.25, -0.2) is 4.79 Å². The van der Waals surface area contributed by atoms with Crippen molar-refractivity contribution >= 4 is 17.8 Å². The molecule has 2 N–H and O–H groups in total. The van der Waals surface area contributed by atoms with Crippen LogP contribution in [-0.2, 0) is 25.7 Å². The van der Waals surface area contributed by atoms with Gasteiger partial charge in [0.05, 0.1) is 0 Å². The second-order valence-corrected chi connectivity index (χ2v) is 6.68. The summed E-state index contributed by atoms with van der Waals surface area (Å²) in [5.74, 6) is -0.843. The molecule has 142 valence electrons. The zero-order chi connectivity index (χ0) is 19.2. The lowest BCUT2D eigenvalue weighted by molar-refractivity contribution is -0.146. The van der Waals surface area contributed by atoms with Gasteiger partial charge >= 0.3 is 12.1 Å². The molecule has 1 aromatic carbocycles. The third-order valence-corrected chi connectivity index (χ3v) is 4.86. The summed E-state index contributed by atoms with van der Waals surface area (Å²) in [4.78, 5) is 36.9. The highest BCUT2D eigenvalue weighted by Gasteiger charge is 2.42. The Balaban J connectivity index is 1.87. The van der Waals surface area contributed by atoms with E-state index in [4.69, 9.17) is 15.2 Å². The SMILES string of the molecule is CC(=O)OCC(N)(C(C)=O)C1CCN(C(=O)OCc2ccccc2)CC1. The molecule has 1 atom stereocenters. The van der Waals surface area contributed by atoms with Crippen molar-refractivity contribution in [2.75, 3.05) is 19.7 Å². The highest BCUT2D eigenvalue weighted by atomic mass is 16.6. The molecule has 0 spiro atoms. The number of hydrogen-bond donors (Lipinski definition) is 1. The first-order chi connectivity index (χ1) is 12.3. The summed E-state index contributed by atoms with van der Waals surface area (Å²) in [6.45, 7) is 3.67. The van der Waals surface area contributed by atoms with Gasteiger partial charge in [0.15, 0.2) is 5.78 Å². The third kappa shape index (κ3) is 5.05. The molecule has 1 aromatic rings. The Bertz CT molecular complexity index is 641. The average molecular weight is 362 g/mol. The number of rotatable bonds is 6. The van der Waals surface area contributed by atoms with Crippen molar-refractivity contribution in [2.45, 2.75) is 38.8 Å². The number of esters is 1. The van der Waals surface area contributed by atoms with Crippen LogP contribution in [0.4, 0.5) is 4.79 Å². The summed E-state index contributed by atoms with van der Waals surface area (Å²) in [7, 11) is 0. The summed E-state index contributed by atoms with van der Waals surface area (Å²) in [6.07, 6.45) is 0.730. The molecule has 0 bridgehead atoms. The van der Waals surface area contributed by atoms with Crippen LogP contribution >= 0.6 is 0 Å². The Hall–Kier alpha value is -2.41. The highest BCUT2D eigenvalue weighted by molar-refractivity contribution is 5.86. The molecule has 0 aliphatic carbocycles. The van der Waals surface area contributed by atoms with E-state index in [2.05, 4.69) is 0 Å². The topological polar surface area (TPSA) is 98.9 Å². The molecule has 7 heteroatoms. The van der Waals surface area contributed by atoms with E-state index in [1.54, 1.807) is 4.90 Å². The number of nitrogens with two attached hydrogens (primary N) is 1. The van der Waals surface area contributed by atoms with Crippen molar-refractivity contribution in [1.29, 1.82) is 0 Å². The Morgan fingerprint density at radius 1 is 1.12 bits per heavy atom. The van der Waals surface area contributed by atoms with Gasteiger partial charge in [-0.2, -0.15) is 0 Å². The van der Waals surface area contributed by atoms with Gasteiger partial charge < -0.3 is 20.1 Å². The van der Waals surface area contributed by atoms with E-state index < -0.39 is 11.5 Å². The third-order valence-electron chi connectivity index (χ3n) is 4.86. The molecule has 0 aromatic heterocycles. The van der Waals surface area contributed by atoms with Gasteiger partial charge in [-0.1, -0.05) is 30.3 Å². The number of Topliss-reactive ketones (excluding diaryl/α,β-unsaturated/α-hetero) is 1. The van der Waals surface area contributed by atoms with Crippen LogP contribution in [0.3, 0.4) is 0 Å². The van der Waals surface area contributed by atoms with Crippen LogP contribution < -0.4 is 5.73 Å². The molecule has 0 radical (unpaired) electrons. The molecule has 1 fully saturated rings. The van der Waals surface area contributed by atoms with Gasteiger partial charge in [-0.05, 0) is 31.2 Å². The summed E-state index contributed by atoms with van der Waals surface area (Å²) in [5, 5.41) is 0. The lowest BCUT2D eigenvalue weighted by Gasteiger charge is -2.40. The van der Waals surface area contributed by atoms with Crippen LogP contribution in [-0.4, -0.2) is 48.0 Å². The molecule has 0 saturated carbocycles. The second kappa shape index (κ2) is 8.80. The molecule has 1 aliphatic heterocycles. The van der Waals surface area contributed by atoms with E-state index in [0.29, 0.717) is 25.9 Å². The maximum atomic E-state index is 12.2. The molecular weight excluding hydrogens is 336 g/mol. The van der Waals surface area contributed by atoms with Crippen molar-refractivity contribution in [3.05, 3.63) is 35.9 Å². The maximum Gasteiger partial charge on any atom is 0.410 e. The van der Waals surface area contributed by atoms with Gasteiger partial charge in [-0.15, -0.1) is 0 Å². The van der Waals surface area contributed by atoms with E-state index in [-0.39, 0.29) is 31.0 Å². The minimum absolute atomic E-state index is 0.138. The summed E-state index contributed by atoms with van der Waals surface area (Å²) >= 11 is 0. The van der Waals surface area contributed by atoms with Crippen LogP contribution in [0.2, 0.25) is 0 Å². The number of ether oxygens (including phenoxy) is 2. The van der Waals surface area contributed by atoms with E-state index in [0.717, 1.165) is 5.56 Å². The molecular formula is C19H26N2O5. The monoisotopic (exact) mass is 362 g/mol. The molecule has 7 nitrogen and oxygen atoms in total. The Labute approximate surface area is 153 Å². The van der Waals surface area contributed by atoms with E-state index in [1.807, 2.05) is 30.3 Å². The Morgan fingerprint density at radius 2 is 1.73 bits per heavy atom. The first-order valence-corrected chi connectivity index (χ1v) is 8.72. The summed E-state index contributed by atoms with van der Waals surface area (Å²) in [6, 6.07) is 9.47. The highest BCUT2D eigenvalue weighted by Crippen LogP contribution is 2.28. The van der Waals surface area contributed by atoms with Crippen molar-refractivity contribution in [1.82, 2.24) is 4.90 Å². The van der Waals surface area contributed by atoms with Crippen molar-refractivity contribution in [3.63, 3.8) is 0 Å². The predicted molar refractivity (Wildman–Crippen MR) is 95.2 cm³/mol. The van der Waals surface area contributed by atoms with E-state index in [9.17, 15) is 14.4 Å². The van der Waals surface area contributed by atoms with Crippen LogP contribution in [0.15, 0.2) is 30.3 Å².